The second-order valence-corrected chi connectivity index (χ2v) is 4.52. The van der Waals surface area contributed by atoms with Gasteiger partial charge >= 0.3 is 5.97 Å². The summed E-state index contributed by atoms with van der Waals surface area (Å²) in [4.78, 5) is 11.1. The molecule has 0 aliphatic heterocycles. The summed E-state index contributed by atoms with van der Waals surface area (Å²) < 4.78 is 0. The number of allylic oxidation sites excluding steroid dienone is 1. The molecule has 1 saturated carbocycles. The molecule has 0 saturated heterocycles. The van der Waals surface area contributed by atoms with E-state index in [4.69, 9.17) is 5.11 Å². The van der Waals surface area contributed by atoms with Crippen LogP contribution in [0.15, 0.2) is 29.8 Å². The highest BCUT2D eigenvalue weighted by Gasteiger charge is 2.26. The molecule has 0 atom stereocenters. The zero-order chi connectivity index (χ0) is 12.4. The fourth-order valence-corrected chi connectivity index (χ4v) is 2.24. The maximum absolute atomic E-state index is 11.1. The van der Waals surface area contributed by atoms with Crippen LogP contribution in [0.4, 0.5) is 0 Å². The Morgan fingerprint density at radius 1 is 1.35 bits per heavy atom. The van der Waals surface area contributed by atoms with Crippen molar-refractivity contribution in [3.63, 3.8) is 0 Å². The SMILES string of the molecule is C/C(C(=O)O)=C(/c1cccc(O)c1)C1CCC1. The van der Waals surface area contributed by atoms with Gasteiger partial charge in [-0.15, -0.1) is 0 Å². The van der Waals surface area contributed by atoms with Crippen LogP contribution in [0.1, 0.15) is 31.7 Å². The van der Waals surface area contributed by atoms with Crippen molar-refractivity contribution in [3.8, 4) is 5.75 Å². The Morgan fingerprint density at radius 2 is 2.06 bits per heavy atom. The first-order chi connectivity index (χ1) is 8.09. The van der Waals surface area contributed by atoms with Gasteiger partial charge in [0.25, 0.3) is 0 Å². The molecule has 2 N–H and O–H groups in total. The first-order valence-electron chi connectivity index (χ1n) is 5.83. The van der Waals surface area contributed by atoms with E-state index in [9.17, 15) is 9.90 Å². The molecule has 90 valence electrons. The number of hydrogen-bond donors (Lipinski definition) is 2. The van der Waals surface area contributed by atoms with Crippen LogP contribution in [0.25, 0.3) is 5.57 Å². The van der Waals surface area contributed by atoms with Crippen molar-refractivity contribution >= 4 is 11.5 Å². The Hall–Kier alpha value is -1.77. The van der Waals surface area contributed by atoms with Gasteiger partial charge in [-0.1, -0.05) is 18.6 Å². The first kappa shape index (κ1) is 11.7. The monoisotopic (exact) mass is 232 g/mol. The summed E-state index contributed by atoms with van der Waals surface area (Å²) in [6.45, 7) is 1.64. The molecule has 0 amide bonds. The number of phenolic OH excluding ortho intramolecular Hbond substituents is 1. The number of rotatable bonds is 3. The van der Waals surface area contributed by atoms with E-state index in [1.807, 2.05) is 6.07 Å². The van der Waals surface area contributed by atoms with E-state index in [0.29, 0.717) is 11.5 Å². The molecule has 2 rings (SSSR count). The number of aliphatic carboxylic acids is 1. The minimum atomic E-state index is -0.879. The molecular weight excluding hydrogens is 216 g/mol. The third kappa shape index (κ3) is 2.33. The molecule has 0 unspecified atom stereocenters. The smallest absolute Gasteiger partial charge is 0.331 e. The normalized spacial score (nSPS) is 17.2. The lowest BCUT2D eigenvalue weighted by Crippen LogP contribution is -2.16. The minimum Gasteiger partial charge on any atom is -0.508 e. The molecule has 1 aliphatic rings. The molecule has 1 aromatic carbocycles. The summed E-state index contributed by atoms with van der Waals surface area (Å²) in [7, 11) is 0. The first-order valence-corrected chi connectivity index (χ1v) is 5.83. The number of phenols is 1. The predicted octanol–water partition coefficient (Wildman–Crippen LogP) is 3.05. The van der Waals surface area contributed by atoms with Crippen molar-refractivity contribution in [2.45, 2.75) is 26.2 Å². The summed E-state index contributed by atoms with van der Waals surface area (Å²) in [5.41, 5.74) is 2.09. The Bertz CT molecular complexity index is 470. The Morgan fingerprint density at radius 3 is 2.53 bits per heavy atom. The van der Waals surface area contributed by atoms with Gasteiger partial charge in [0.1, 0.15) is 5.75 Å². The number of benzene rings is 1. The van der Waals surface area contributed by atoms with Gasteiger partial charge in [-0.2, -0.15) is 0 Å². The summed E-state index contributed by atoms with van der Waals surface area (Å²) in [6, 6.07) is 6.84. The van der Waals surface area contributed by atoms with E-state index in [1.54, 1.807) is 25.1 Å². The molecule has 17 heavy (non-hydrogen) atoms. The van der Waals surface area contributed by atoms with Crippen LogP contribution in [0.3, 0.4) is 0 Å². The van der Waals surface area contributed by atoms with Crippen LogP contribution in [0, 0.1) is 5.92 Å². The van der Waals surface area contributed by atoms with Gasteiger partial charge in [0.2, 0.25) is 0 Å². The summed E-state index contributed by atoms with van der Waals surface area (Å²) in [6.07, 6.45) is 3.23. The Kier molecular flexibility index (Phi) is 3.18. The van der Waals surface area contributed by atoms with Gasteiger partial charge in [0.05, 0.1) is 0 Å². The van der Waals surface area contributed by atoms with E-state index < -0.39 is 5.97 Å². The Labute approximate surface area is 100 Å². The molecule has 1 aliphatic carbocycles. The largest absolute Gasteiger partial charge is 0.508 e. The number of carboxylic acids is 1. The number of hydrogen-bond acceptors (Lipinski definition) is 2. The van der Waals surface area contributed by atoms with Crippen LogP contribution >= 0.6 is 0 Å². The molecule has 0 spiro atoms. The lowest BCUT2D eigenvalue weighted by molar-refractivity contribution is -0.132. The molecule has 0 heterocycles. The zero-order valence-corrected chi connectivity index (χ0v) is 9.81. The van der Waals surface area contributed by atoms with Crippen molar-refractivity contribution in [1.82, 2.24) is 0 Å². The van der Waals surface area contributed by atoms with Crippen molar-refractivity contribution < 1.29 is 15.0 Å². The lowest BCUT2D eigenvalue weighted by Gasteiger charge is -2.29. The quantitative estimate of drug-likeness (QED) is 0.787. The highest BCUT2D eigenvalue weighted by molar-refractivity contribution is 5.96. The topological polar surface area (TPSA) is 57.5 Å². The molecule has 0 bridgehead atoms. The summed E-state index contributed by atoms with van der Waals surface area (Å²) in [5, 5.41) is 18.6. The number of carbonyl (C=O) groups is 1. The van der Waals surface area contributed by atoms with Crippen molar-refractivity contribution in [1.29, 1.82) is 0 Å². The fraction of sp³-hybridized carbons (Fsp3) is 0.357. The highest BCUT2D eigenvalue weighted by atomic mass is 16.4. The van der Waals surface area contributed by atoms with Crippen molar-refractivity contribution in [2.24, 2.45) is 5.92 Å². The van der Waals surface area contributed by atoms with Gasteiger partial charge < -0.3 is 10.2 Å². The zero-order valence-electron chi connectivity index (χ0n) is 9.81. The third-order valence-electron chi connectivity index (χ3n) is 3.40. The highest BCUT2D eigenvalue weighted by Crippen LogP contribution is 2.41. The van der Waals surface area contributed by atoms with Crippen LogP contribution in [-0.4, -0.2) is 16.2 Å². The number of carboxylic acid groups (broad SMARTS) is 1. The van der Waals surface area contributed by atoms with Crippen LogP contribution < -0.4 is 0 Å². The summed E-state index contributed by atoms with van der Waals surface area (Å²) >= 11 is 0. The molecule has 0 aromatic heterocycles. The van der Waals surface area contributed by atoms with Crippen molar-refractivity contribution in [3.05, 3.63) is 35.4 Å². The summed E-state index contributed by atoms with van der Waals surface area (Å²) in [5.74, 6) is -0.374. The molecule has 0 radical (unpaired) electrons. The van der Waals surface area contributed by atoms with Crippen LogP contribution in [0.5, 0.6) is 5.75 Å². The van der Waals surface area contributed by atoms with Gasteiger partial charge in [-0.05, 0) is 49.0 Å². The molecule has 1 fully saturated rings. The van der Waals surface area contributed by atoms with E-state index in [-0.39, 0.29) is 5.75 Å². The van der Waals surface area contributed by atoms with Gasteiger partial charge in [0, 0.05) is 5.57 Å². The van der Waals surface area contributed by atoms with Crippen molar-refractivity contribution in [2.75, 3.05) is 0 Å². The maximum Gasteiger partial charge on any atom is 0.331 e. The fourth-order valence-electron chi connectivity index (χ4n) is 2.24. The average molecular weight is 232 g/mol. The van der Waals surface area contributed by atoms with Gasteiger partial charge in [0.15, 0.2) is 0 Å². The maximum atomic E-state index is 11.1. The number of aromatic hydroxyl groups is 1. The molecule has 1 aromatic rings. The van der Waals surface area contributed by atoms with E-state index >= 15 is 0 Å². The van der Waals surface area contributed by atoms with E-state index in [2.05, 4.69) is 0 Å². The van der Waals surface area contributed by atoms with Crippen LogP contribution in [0.2, 0.25) is 0 Å². The third-order valence-corrected chi connectivity index (χ3v) is 3.40. The average Bonchev–Trinajstić information content (AvgIpc) is 2.22. The Balaban J connectivity index is 2.47. The van der Waals surface area contributed by atoms with Gasteiger partial charge in [-0.25, -0.2) is 4.79 Å². The second kappa shape index (κ2) is 4.62. The molecular formula is C14H16O3. The van der Waals surface area contributed by atoms with Gasteiger partial charge in [-0.3, -0.25) is 0 Å². The van der Waals surface area contributed by atoms with Crippen LogP contribution in [-0.2, 0) is 4.79 Å². The molecule has 3 heteroatoms. The van der Waals surface area contributed by atoms with E-state index in [0.717, 1.165) is 30.4 Å². The minimum absolute atomic E-state index is 0.178. The lowest BCUT2D eigenvalue weighted by atomic mass is 9.75. The predicted molar refractivity (Wildman–Crippen MR) is 65.7 cm³/mol. The second-order valence-electron chi connectivity index (χ2n) is 4.52. The standard InChI is InChI=1S/C14H16O3/c1-9(14(16)17)13(10-4-2-5-10)11-6-3-7-12(15)8-11/h3,6-8,10,15H,2,4-5H2,1H3,(H,16,17)/b13-9-. The van der Waals surface area contributed by atoms with E-state index in [1.165, 1.54) is 0 Å². The molecule has 3 nitrogen and oxygen atoms in total.